The van der Waals surface area contributed by atoms with Crippen LogP contribution in [0.3, 0.4) is 0 Å². The van der Waals surface area contributed by atoms with Crippen LogP contribution in [0.25, 0.3) is 15.9 Å². The molecular formula is C23H17ClF3N3O3S2. The Bertz CT molecular complexity index is 1500. The lowest BCUT2D eigenvalue weighted by Crippen LogP contribution is -2.21. The van der Waals surface area contributed by atoms with E-state index in [2.05, 4.69) is 4.98 Å². The van der Waals surface area contributed by atoms with Gasteiger partial charge in [-0.25, -0.2) is 4.98 Å². The van der Waals surface area contributed by atoms with Gasteiger partial charge < -0.3 is 0 Å². The molecule has 0 atom stereocenters. The molecule has 35 heavy (non-hydrogen) atoms. The van der Waals surface area contributed by atoms with Crippen molar-refractivity contribution in [3.05, 3.63) is 84.0 Å². The summed E-state index contributed by atoms with van der Waals surface area (Å²) < 4.78 is 40.7. The Morgan fingerprint density at radius 2 is 1.89 bits per heavy atom. The third kappa shape index (κ3) is 4.93. The molecule has 2 aromatic heterocycles. The van der Waals surface area contributed by atoms with Crippen LogP contribution in [-0.2, 0) is 12.6 Å². The summed E-state index contributed by atoms with van der Waals surface area (Å²) in [5.41, 5.74) is -0.982. The predicted octanol–water partition coefficient (Wildman–Crippen LogP) is 7.44. The van der Waals surface area contributed by atoms with Gasteiger partial charge in [0.25, 0.3) is 11.2 Å². The zero-order valence-corrected chi connectivity index (χ0v) is 20.7. The summed E-state index contributed by atoms with van der Waals surface area (Å²) in [4.78, 5) is 30.4. The number of hydrogen-bond acceptors (Lipinski definition) is 6. The number of aromatic nitrogens is 2. The van der Waals surface area contributed by atoms with E-state index in [9.17, 15) is 28.1 Å². The number of halogens is 4. The van der Waals surface area contributed by atoms with E-state index in [1.807, 2.05) is 13.8 Å². The number of nitrogens with zero attached hydrogens (tertiary/aromatic N) is 3. The van der Waals surface area contributed by atoms with Gasteiger partial charge in [-0.15, -0.1) is 11.3 Å². The summed E-state index contributed by atoms with van der Waals surface area (Å²) in [6.45, 7) is 3.88. The van der Waals surface area contributed by atoms with E-state index in [1.54, 1.807) is 24.3 Å². The van der Waals surface area contributed by atoms with E-state index in [-0.39, 0.29) is 15.6 Å². The fourth-order valence-electron chi connectivity index (χ4n) is 3.58. The van der Waals surface area contributed by atoms with Gasteiger partial charge in [-0.3, -0.25) is 19.5 Å². The minimum atomic E-state index is -4.74. The topological polar surface area (TPSA) is 78.0 Å². The van der Waals surface area contributed by atoms with Gasteiger partial charge in [0.15, 0.2) is 5.16 Å². The number of nitro groups is 1. The van der Waals surface area contributed by atoms with Crippen LogP contribution in [0.5, 0.6) is 0 Å². The van der Waals surface area contributed by atoms with E-state index in [4.69, 9.17) is 11.6 Å². The molecule has 0 spiro atoms. The molecule has 0 aliphatic heterocycles. The number of alkyl halides is 3. The normalized spacial score (nSPS) is 11.8. The third-order valence-corrected chi connectivity index (χ3v) is 7.80. The van der Waals surface area contributed by atoms with Crippen LogP contribution in [0.1, 0.15) is 29.3 Å². The number of hydrogen-bond donors (Lipinski definition) is 0. The van der Waals surface area contributed by atoms with Gasteiger partial charge in [0.2, 0.25) is 0 Å². The summed E-state index contributed by atoms with van der Waals surface area (Å²) in [5.74, 6) is 0. The first-order valence-electron chi connectivity index (χ1n) is 10.4. The molecule has 2 heterocycles. The van der Waals surface area contributed by atoms with Crippen LogP contribution in [0, 0.1) is 17.0 Å². The average Bonchev–Trinajstić information content (AvgIpc) is 3.10. The molecule has 182 valence electrons. The molecule has 0 aliphatic rings. The number of rotatable bonds is 6. The highest BCUT2D eigenvalue weighted by atomic mass is 35.5. The van der Waals surface area contributed by atoms with Crippen molar-refractivity contribution >= 4 is 50.6 Å². The second-order valence-electron chi connectivity index (χ2n) is 7.63. The van der Waals surface area contributed by atoms with Crippen molar-refractivity contribution in [2.75, 3.05) is 0 Å². The zero-order valence-electron chi connectivity index (χ0n) is 18.4. The van der Waals surface area contributed by atoms with Crippen LogP contribution in [0.15, 0.2) is 57.3 Å². The molecule has 0 aliphatic carbocycles. The third-order valence-electron chi connectivity index (χ3n) is 5.28. The first-order chi connectivity index (χ1) is 16.5. The Morgan fingerprint density at radius 1 is 1.20 bits per heavy atom. The summed E-state index contributed by atoms with van der Waals surface area (Å²) in [5, 5.41) is 12.6. The van der Waals surface area contributed by atoms with Crippen molar-refractivity contribution < 1.29 is 18.1 Å². The zero-order chi connectivity index (χ0) is 25.5. The van der Waals surface area contributed by atoms with E-state index < -0.39 is 22.4 Å². The number of fused-ring (bicyclic) bond motifs is 1. The smallest absolute Gasteiger partial charge is 0.268 e. The second-order valence-corrected chi connectivity index (χ2v) is 10.2. The van der Waals surface area contributed by atoms with Crippen LogP contribution >= 0.6 is 34.7 Å². The highest BCUT2D eigenvalue weighted by Gasteiger charge is 2.33. The minimum Gasteiger partial charge on any atom is -0.268 e. The van der Waals surface area contributed by atoms with Crippen molar-refractivity contribution in [3.8, 4) is 5.69 Å². The Morgan fingerprint density at radius 3 is 2.49 bits per heavy atom. The van der Waals surface area contributed by atoms with Gasteiger partial charge in [-0.05, 0) is 67.1 Å². The van der Waals surface area contributed by atoms with Crippen molar-refractivity contribution in [2.24, 2.45) is 0 Å². The Kier molecular flexibility index (Phi) is 6.94. The highest BCUT2D eigenvalue weighted by Crippen LogP contribution is 2.40. The van der Waals surface area contributed by atoms with Crippen LogP contribution in [0.4, 0.5) is 18.9 Å². The quantitative estimate of drug-likeness (QED) is 0.144. The second kappa shape index (κ2) is 9.63. The van der Waals surface area contributed by atoms with Gasteiger partial charge in [0, 0.05) is 16.0 Å². The van der Waals surface area contributed by atoms with Gasteiger partial charge in [0.1, 0.15) is 4.83 Å². The maximum atomic E-state index is 13.7. The summed E-state index contributed by atoms with van der Waals surface area (Å²) in [6.07, 6.45) is -3.10. The van der Waals surface area contributed by atoms with Crippen molar-refractivity contribution in [1.29, 1.82) is 0 Å². The Labute approximate surface area is 210 Å². The molecule has 0 saturated carbocycles. The molecule has 6 nitrogen and oxygen atoms in total. The van der Waals surface area contributed by atoms with Crippen molar-refractivity contribution in [3.63, 3.8) is 0 Å². The van der Waals surface area contributed by atoms with Crippen LogP contribution in [0.2, 0.25) is 5.02 Å². The SMILES string of the molecule is CCCc1sc2nc(Sc3ccc(C(F)(F)F)cc3[N+](=O)[O-])n(-c3ccc(Cl)cc3)c(=O)c2c1C. The van der Waals surface area contributed by atoms with E-state index >= 15 is 0 Å². The van der Waals surface area contributed by atoms with Crippen LogP contribution in [-0.4, -0.2) is 14.5 Å². The van der Waals surface area contributed by atoms with Crippen LogP contribution < -0.4 is 5.56 Å². The molecule has 0 unspecified atom stereocenters. The molecule has 0 fully saturated rings. The van der Waals surface area contributed by atoms with Gasteiger partial charge in [-0.1, -0.05) is 24.9 Å². The standard InChI is InChI=1S/C23H17ClF3N3O3S2/c1-3-4-17-12(2)19-20(34-17)28-22(29(21(19)31)15-8-6-14(24)7-9-15)35-18-10-5-13(23(25,26)27)11-16(18)30(32)33/h5-11H,3-4H2,1-2H3. The highest BCUT2D eigenvalue weighted by molar-refractivity contribution is 7.99. The Balaban J connectivity index is 1.96. The molecule has 12 heteroatoms. The number of thiophene rings is 1. The predicted molar refractivity (Wildman–Crippen MR) is 131 cm³/mol. The fraction of sp³-hybridized carbons (Fsp3) is 0.217. The summed E-state index contributed by atoms with van der Waals surface area (Å²) in [6, 6.07) is 8.68. The summed E-state index contributed by atoms with van der Waals surface area (Å²) in [7, 11) is 0. The van der Waals surface area contributed by atoms with Crippen molar-refractivity contribution in [1.82, 2.24) is 9.55 Å². The first-order valence-corrected chi connectivity index (χ1v) is 12.4. The maximum Gasteiger partial charge on any atom is 0.416 e. The molecule has 4 aromatic rings. The van der Waals surface area contributed by atoms with Gasteiger partial charge in [0.05, 0.1) is 26.5 Å². The van der Waals surface area contributed by atoms with Crippen molar-refractivity contribution in [2.45, 2.75) is 42.9 Å². The monoisotopic (exact) mass is 539 g/mol. The first kappa shape index (κ1) is 25.2. The Hall–Kier alpha value is -2.89. The molecule has 0 saturated heterocycles. The maximum absolute atomic E-state index is 13.7. The van der Waals surface area contributed by atoms with E-state index in [0.29, 0.717) is 27.0 Å². The molecule has 0 bridgehead atoms. The summed E-state index contributed by atoms with van der Waals surface area (Å²) >= 11 is 8.13. The number of benzene rings is 2. The molecule has 0 radical (unpaired) electrons. The molecular weight excluding hydrogens is 523 g/mol. The lowest BCUT2D eigenvalue weighted by molar-refractivity contribution is -0.388. The minimum absolute atomic E-state index is 0.0703. The largest absolute Gasteiger partial charge is 0.416 e. The molecule has 2 aromatic carbocycles. The van der Waals surface area contributed by atoms with Gasteiger partial charge >= 0.3 is 6.18 Å². The molecule has 0 N–H and O–H groups in total. The lowest BCUT2D eigenvalue weighted by Gasteiger charge is -2.13. The van der Waals surface area contributed by atoms with E-state index in [1.165, 1.54) is 15.9 Å². The number of aryl methyl sites for hydroxylation is 2. The average molecular weight is 540 g/mol. The molecule has 0 amide bonds. The van der Waals surface area contributed by atoms with E-state index in [0.717, 1.165) is 47.2 Å². The van der Waals surface area contributed by atoms with Gasteiger partial charge in [-0.2, -0.15) is 13.2 Å². The fourth-order valence-corrected chi connectivity index (χ4v) is 6.02. The molecule has 4 rings (SSSR count). The number of nitro benzene ring substituents is 1. The lowest BCUT2D eigenvalue weighted by atomic mass is 10.1.